The first-order chi connectivity index (χ1) is 10.3. The molecule has 1 aromatic carbocycles. The highest BCUT2D eigenvalue weighted by Crippen LogP contribution is 2.18. The second-order valence-corrected chi connectivity index (χ2v) is 6.34. The quantitative estimate of drug-likeness (QED) is 0.396. The van der Waals surface area contributed by atoms with Crippen molar-refractivity contribution in [1.82, 2.24) is 0 Å². The van der Waals surface area contributed by atoms with Crippen LogP contribution in [0.4, 0.5) is 0 Å². The van der Waals surface area contributed by atoms with Gasteiger partial charge in [-0.15, -0.1) is 12.4 Å². The Morgan fingerprint density at radius 1 is 0.727 bits per heavy atom. The third kappa shape index (κ3) is 11.1. The number of hydrogen-bond acceptors (Lipinski definition) is 1. The molecule has 0 aromatic heterocycles. The molecule has 0 heterocycles. The van der Waals surface area contributed by atoms with Gasteiger partial charge < -0.3 is 5.73 Å². The largest absolute Gasteiger partial charge is 0.324 e. The van der Waals surface area contributed by atoms with Crippen LogP contribution in [0.15, 0.2) is 30.3 Å². The molecular formula is C20H36ClN. The molecule has 2 N–H and O–H groups in total. The minimum atomic E-state index is 0. The fraction of sp³-hybridized carbons (Fsp3) is 0.700. The van der Waals surface area contributed by atoms with Gasteiger partial charge >= 0.3 is 0 Å². The highest BCUT2D eigenvalue weighted by Gasteiger charge is 2.04. The molecular weight excluding hydrogens is 290 g/mol. The molecule has 0 radical (unpaired) electrons. The fourth-order valence-corrected chi connectivity index (χ4v) is 2.90. The Kier molecular flexibility index (Phi) is 15.0. The van der Waals surface area contributed by atoms with E-state index in [1.165, 1.54) is 76.2 Å². The molecule has 0 bridgehead atoms. The van der Waals surface area contributed by atoms with Crippen molar-refractivity contribution in [2.45, 2.75) is 90.0 Å². The Morgan fingerprint density at radius 2 is 1.18 bits per heavy atom. The smallest absolute Gasteiger partial charge is 0.0294 e. The van der Waals surface area contributed by atoms with Gasteiger partial charge in [-0.25, -0.2) is 0 Å². The molecule has 0 fully saturated rings. The van der Waals surface area contributed by atoms with Crippen molar-refractivity contribution in [2.75, 3.05) is 0 Å². The Labute approximate surface area is 144 Å². The summed E-state index contributed by atoms with van der Waals surface area (Å²) in [6.07, 6.45) is 16.5. The Bertz CT molecular complexity index is 326. The van der Waals surface area contributed by atoms with Crippen molar-refractivity contribution in [1.29, 1.82) is 0 Å². The summed E-state index contributed by atoms with van der Waals surface area (Å²) in [7, 11) is 0. The molecule has 0 spiro atoms. The lowest BCUT2D eigenvalue weighted by atomic mass is 10.00. The van der Waals surface area contributed by atoms with Gasteiger partial charge in [0.2, 0.25) is 0 Å². The first-order valence-corrected chi connectivity index (χ1v) is 9.15. The SMILES string of the molecule is CCCCCCCCCCCCCC(N)c1ccccc1.Cl. The highest BCUT2D eigenvalue weighted by molar-refractivity contribution is 5.85. The van der Waals surface area contributed by atoms with Gasteiger partial charge in [-0.2, -0.15) is 0 Å². The molecule has 1 nitrogen and oxygen atoms in total. The minimum absolute atomic E-state index is 0. The molecule has 0 saturated carbocycles. The lowest BCUT2D eigenvalue weighted by Crippen LogP contribution is -2.09. The molecule has 1 aromatic rings. The summed E-state index contributed by atoms with van der Waals surface area (Å²) in [5, 5.41) is 0. The van der Waals surface area contributed by atoms with E-state index in [1.54, 1.807) is 0 Å². The van der Waals surface area contributed by atoms with Crippen molar-refractivity contribution in [2.24, 2.45) is 5.73 Å². The number of unbranched alkanes of at least 4 members (excludes halogenated alkanes) is 10. The normalized spacial score (nSPS) is 11.9. The summed E-state index contributed by atoms with van der Waals surface area (Å²) in [5.74, 6) is 0. The van der Waals surface area contributed by atoms with Gasteiger partial charge in [-0.1, -0.05) is 108 Å². The lowest BCUT2D eigenvalue weighted by Gasteiger charge is -2.11. The van der Waals surface area contributed by atoms with Crippen LogP contribution in [0.3, 0.4) is 0 Å². The molecule has 22 heavy (non-hydrogen) atoms. The van der Waals surface area contributed by atoms with Crippen LogP contribution in [0.2, 0.25) is 0 Å². The van der Waals surface area contributed by atoms with Gasteiger partial charge in [0.1, 0.15) is 0 Å². The van der Waals surface area contributed by atoms with Crippen LogP contribution >= 0.6 is 12.4 Å². The van der Waals surface area contributed by atoms with Gasteiger partial charge in [0, 0.05) is 6.04 Å². The summed E-state index contributed by atoms with van der Waals surface area (Å²) in [4.78, 5) is 0. The van der Waals surface area contributed by atoms with E-state index in [0.717, 1.165) is 6.42 Å². The molecule has 0 aliphatic carbocycles. The Morgan fingerprint density at radius 3 is 1.68 bits per heavy atom. The van der Waals surface area contributed by atoms with Crippen LogP contribution < -0.4 is 5.73 Å². The third-order valence-electron chi connectivity index (χ3n) is 4.35. The Balaban J connectivity index is 0.00000441. The maximum absolute atomic E-state index is 6.22. The molecule has 0 aliphatic heterocycles. The zero-order valence-corrected chi connectivity index (χ0v) is 15.3. The molecule has 0 aliphatic rings. The summed E-state index contributed by atoms with van der Waals surface area (Å²) in [6.45, 7) is 2.28. The van der Waals surface area contributed by atoms with Crippen LogP contribution in [0.5, 0.6) is 0 Å². The molecule has 1 unspecified atom stereocenters. The molecule has 1 rings (SSSR count). The van der Waals surface area contributed by atoms with Gasteiger partial charge in [0.05, 0.1) is 0 Å². The lowest BCUT2D eigenvalue weighted by molar-refractivity contribution is 0.526. The standard InChI is InChI=1S/C20H35N.ClH/c1-2-3-4-5-6-7-8-9-10-11-15-18-20(21)19-16-13-12-14-17-19;/h12-14,16-17,20H,2-11,15,18,21H2,1H3;1H. The van der Waals surface area contributed by atoms with E-state index in [0.29, 0.717) is 0 Å². The number of rotatable bonds is 13. The van der Waals surface area contributed by atoms with Crippen molar-refractivity contribution in [3.8, 4) is 0 Å². The maximum Gasteiger partial charge on any atom is 0.0294 e. The fourth-order valence-electron chi connectivity index (χ4n) is 2.90. The van der Waals surface area contributed by atoms with E-state index in [1.807, 2.05) is 0 Å². The second kappa shape index (κ2) is 15.4. The number of halogens is 1. The first-order valence-electron chi connectivity index (χ1n) is 9.15. The van der Waals surface area contributed by atoms with Crippen LogP contribution in [-0.4, -0.2) is 0 Å². The van der Waals surface area contributed by atoms with E-state index in [-0.39, 0.29) is 18.4 Å². The average Bonchev–Trinajstić information content (AvgIpc) is 2.53. The predicted molar refractivity (Wildman–Crippen MR) is 102 cm³/mol. The number of nitrogens with two attached hydrogens (primary N) is 1. The molecule has 128 valence electrons. The van der Waals surface area contributed by atoms with E-state index < -0.39 is 0 Å². The van der Waals surface area contributed by atoms with Crippen molar-refractivity contribution >= 4 is 12.4 Å². The maximum atomic E-state index is 6.22. The summed E-state index contributed by atoms with van der Waals surface area (Å²) in [5.41, 5.74) is 7.50. The molecule has 1 atom stereocenters. The van der Waals surface area contributed by atoms with Gasteiger partial charge in [0.25, 0.3) is 0 Å². The van der Waals surface area contributed by atoms with Gasteiger partial charge in [0.15, 0.2) is 0 Å². The van der Waals surface area contributed by atoms with Crippen LogP contribution in [-0.2, 0) is 0 Å². The predicted octanol–water partition coefficient (Wildman–Crippen LogP) is 6.81. The summed E-state index contributed by atoms with van der Waals surface area (Å²) >= 11 is 0. The average molecular weight is 326 g/mol. The summed E-state index contributed by atoms with van der Waals surface area (Å²) < 4.78 is 0. The van der Waals surface area contributed by atoms with E-state index >= 15 is 0 Å². The zero-order chi connectivity index (χ0) is 15.2. The van der Waals surface area contributed by atoms with Crippen LogP contribution in [0.25, 0.3) is 0 Å². The number of hydrogen-bond donors (Lipinski definition) is 1. The molecule has 0 amide bonds. The molecule has 0 saturated heterocycles. The van der Waals surface area contributed by atoms with Crippen LogP contribution in [0.1, 0.15) is 95.6 Å². The van der Waals surface area contributed by atoms with Crippen molar-refractivity contribution in [3.05, 3.63) is 35.9 Å². The van der Waals surface area contributed by atoms with Crippen molar-refractivity contribution in [3.63, 3.8) is 0 Å². The van der Waals surface area contributed by atoms with Crippen molar-refractivity contribution < 1.29 is 0 Å². The minimum Gasteiger partial charge on any atom is -0.324 e. The summed E-state index contributed by atoms with van der Waals surface area (Å²) in [6, 6.07) is 10.7. The first kappa shape index (κ1) is 21.5. The third-order valence-corrected chi connectivity index (χ3v) is 4.35. The van der Waals surface area contributed by atoms with Crippen LogP contribution in [0, 0.1) is 0 Å². The van der Waals surface area contributed by atoms with Gasteiger partial charge in [-0.05, 0) is 12.0 Å². The Hall–Kier alpha value is -0.530. The molecule has 2 heteroatoms. The van der Waals surface area contributed by atoms with E-state index in [9.17, 15) is 0 Å². The van der Waals surface area contributed by atoms with Gasteiger partial charge in [-0.3, -0.25) is 0 Å². The van der Waals surface area contributed by atoms with E-state index in [4.69, 9.17) is 5.73 Å². The highest BCUT2D eigenvalue weighted by atomic mass is 35.5. The monoisotopic (exact) mass is 325 g/mol. The number of benzene rings is 1. The zero-order valence-electron chi connectivity index (χ0n) is 14.4. The topological polar surface area (TPSA) is 26.0 Å². The second-order valence-electron chi connectivity index (χ2n) is 6.34. The van der Waals surface area contributed by atoms with E-state index in [2.05, 4.69) is 37.3 Å².